The van der Waals surface area contributed by atoms with Gasteiger partial charge in [-0.25, -0.2) is 0 Å². The molecule has 2 aliphatic rings. The van der Waals surface area contributed by atoms with Gasteiger partial charge in [-0.3, -0.25) is 4.79 Å². The molecule has 0 bridgehead atoms. The Labute approximate surface area is 123 Å². The van der Waals surface area contributed by atoms with Crippen LogP contribution in [0.25, 0.3) is 0 Å². The molecule has 1 aliphatic carbocycles. The smallest absolute Gasteiger partial charge is 0.263 e. The zero-order valence-corrected chi connectivity index (χ0v) is 12.5. The van der Waals surface area contributed by atoms with Gasteiger partial charge in [-0.2, -0.15) is 0 Å². The molecule has 2 fully saturated rings. The summed E-state index contributed by atoms with van der Waals surface area (Å²) >= 11 is 1.56. The fourth-order valence-corrected chi connectivity index (χ4v) is 4.06. The maximum absolute atomic E-state index is 12.2. The van der Waals surface area contributed by atoms with Crippen LogP contribution in [0.15, 0.2) is 12.7 Å². The highest BCUT2D eigenvalue weighted by Crippen LogP contribution is 2.52. The van der Waals surface area contributed by atoms with E-state index in [1.165, 1.54) is 36.2 Å². The first-order valence-electron chi connectivity index (χ1n) is 7.28. The summed E-state index contributed by atoms with van der Waals surface area (Å²) in [6.07, 6.45) is 6.57. The Balaban J connectivity index is 1.92. The van der Waals surface area contributed by atoms with Crippen molar-refractivity contribution in [3.63, 3.8) is 0 Å². The van der Waals surface area contributed by atoms with Crippen molar-refractivity contribution in [2.24, 2.45) is 0 Å². The Morgan fingerprint density at radius 2 is 2.15 bits per heavy atom. The van der Waals surface area contributed by atoms with Crippen LogP contribution in [0.1, 0.15) is 46.8 Å². The number of rotatable bonds is 5. The van der Waals surface area contributed by atoms with E-state index in [1.807, 2.05) is 0 Å². The summed E-state index contributed by atoms with van der Waals surface area (Å²) in [5, 5.41) is 4.08. The molecular formula is C15H21N3OS. The molecule has 0 aromatic carbocycles. The highest BCUT2D eigenvalue weighted by Gasteiger charge is 2.35. The van der Waals surface area contributed by atoms with E-state index in [4.69, 9.17) is 5.73 Å². The van der Waals surface area contributed by atoms with Crippen LogP contribution >= 0.6 is 11.3 Å². The second-order valence-corrected chi connectivity index (χ2v) is 6.53. The largest absolute Gasteiger partial charge is 0.397 e. The Hall–Kier alpha value is -1.49. The molecule has 5 heteroatoms. The standard InChI is InChI=1S/C15H21N3OS/c1-2-7-17-14(19)13-12(16)11(10-5-6-10)15(20-13)18-8-3-4-9-18/h2,10H,1,3-9,16H2,(H,17,19). The lowest BCUT2D eigenvalue weighted by Gasteiger charge is -2.17. The van der Waals surface area contributed by atoms with Crippen LogP contribution in [0.5, 0.6) is 0 Å². The van der Waals surface area contributed by atoms with Crippen LogP contribution in [-0.4, -0.2) is 25.5 Å². The molecule has 0 radical (unpaired) electrons. The molecule has 20 heavy (non-hydrogen) atoms. The summed E-state index contributed by atoms with van der Waals surface area (Å²) in [5.74, 6) is 0.502. The summed E-state index contributed by atoms with van der Waals surface area (Å²) in [5.41, 5.74) is 8.23. The fraction of sp³-hybridized carbons (Fsp3) is 0.533. The molecule has 1 saturated carbocycles. The highest BCUT2D eigenvalue weighted by atomic mass is 32.1. The Kier molecular flexibility index (Phi) is 3.70. The molecule has 2 heterocycles. The summed E-state index contributed by atoms with van der Waals surface area (Å²) in [6, 6.07) is 0. The first-order chi connectivity index (χ1) is 9.72. The van der Waals surface area contributed by atoms with Crippen LogP contribution in [-0.2, 0) is 0 Å². The lowest BCUT2D eigenvalue weighted by atomic mass is 10.1. The monoisotopic (exact) mass is 291 g/mol. The van der Waals surface area contributed by atoms with E-state index in [0.717, 1.165) is 13.1 Å². The summed E-state index contributed by atoms with van der Waals surface area (Å²) in [7, 11) is 0. The third-order valence-electron chi connectivity index (χ3n) is 3.96. The van der Waals surface area contributed by atoms with Gasteiger partial charge in [0.25, 0.3) is 5.91 Å². The van der Waals surface area contributed by atoms with Gasteiger partial charge in [-0.1, -0.05) is 6.08 Å². The Morgan fingerprint density at radius 1 is 1.45 bits per heavy atom. The number of amides is 1. The third kappa shape index (κ3) is 2.42. The quantitative estimate of drug-likeness (QED) is 0.820. The molecule has 0 unspecified atom stereocenters. The topological polar surface area (TPSA) is 58.4 Å². The minimum absolute atomic E-state index is 0.0697. The van der Waals surface area contributed by atoms with Crippen molar-refractivity contribution in [2.45, 2.75) is 31.6 Å². The summed E-state index contributed by atoms with van der Waals surface area (Å²) in [6.45, 7) is 6.28. The second kappa shape index (κ2) is 5.48. The van der Waals surface area contributed by atoms with Crippen molar-refractivity contribution in [2.75, 3.05) is 30.3 Å². The lowest BCUT2D eigenvalue weighted by molar-refractivity contribution is 0.0963. The van der Waals surface area contributed by atoms with E-state index < -0.39 is 0 Å². The van der Waals surface area contributed by atoms with E-state index in [9.17, 15) is 4.79 Å². The number of hydrogen-bond acceptors (Lipinski definition) is 4. The number of nitrogen functional groups attached to an aromatic ring is 1. The highest BCUT2D eigenvalue weighted by molar-refractivity contribution is 7.18. The van der Waals surface area contributed by atoms with Crippen LogP contribution in [0.2, 0.25) is 0 Å². The number of thiophene rings is 1. The average Bonchev–Trinajstić information content (AvgIpc) is 3.01. The molecule has 1 amide bonds. The maximum Gasteiger partial charge on any atom is 0.263 e. The normalized spacial score (nSPS) is 18.3. The van der Waals surface area contributed by atoms with Crippen LogP contribution in [0, 0.1) is 0 Å². The molecule has 4 nitrogen and oxygen atoms in total. The van der Waals surface area contributed by atoms with Gasteiger partial charge in [0, 0.05) is 25.2 Å². The van der Waals surface area contributed by atoms with Crippen molar-refractivity contribution in [1.29, 1.82) is 0 Å². The number of anilines is 2. The number of nitrogens with one attached hydrogen (secondary N) is 1. The number of carbonyl (C=O) groups excluding carboxylic acids is 1. The first kappa shape index (κ1) is 13.5. The molecule has 3 N–H and O–H groups in total. The molecule has 1 aromatic rings. The van der Waals surface area contributed by atoms with E-state index in [-0.39, 0.29) is 5.91 Å². The van der Waals surface area contributed by atoms with Crippen molar-refractivity contribution in [3.05, 3.63) is 23.1 Å². The van der Waals surface area contributed by atoms with Gasteiger partial charge < -0.3 is 16.0 Å². The molecule has 108 valence electrons. The van der Waals surface area contributed by atoms with Crippen LogP contribution < -0.4 is 16.0 Å². The van der Waals surface area contributed by atoms with Gasteiger partial charge in [0.1, 0.15) is 4.88 Å². The van der Waals surface area contributed by atoms with Crippen molar-refractivity contribution < 1.29 is 4.79 Å². The van der Waals surface area contributed by atoms with Crippen molar-refractivity contribution in [1.82, 2.24) is 5.32 Å². The molecule has 0 spiro atoms. The number of hydrogen-bond donors (Lipinski definition) is 2. The van der Waals surface area contributed by atoms with Gasteiger partial charge in [-0.15, -0.1) is 17.9 Å². The lowest BCUT2D eigenvalue weighted by Crippen LogP contribution is -2.23. The number of carbonyl (C=O) groups is 1. The molecule has 3 rings (SSSR count). The summed E-state index contributed by atoms with van der Waals surface area (Å²) in [4.78, 5) is 15.3. The SMILES string of the molecule is C=CCNC(=O)c1sc(N2CCCC2)c(C2CC2)c1N. The van der Waals surface area contributed by atoms with E-state index in [1.54, 1.807) is 17.4 Å². The van der Waals surface area contributed by atoms with Crippen LogP contribution in [0.3, 0.4) is 0 Å². The summed E-state index contributed by atoms with van der Waals surface area (Å²) < 4.78 is 0. The first-order valence-corrected chi connectivity index (χ1v) is 8.10. The van der Waals surface area contributed by atoms with Gasteiger partial charge >= 0.3 is 0 Å². The van der Waals surface area contributed by atoms with Crippen molar-refractivity contribution >= 4 is 27.9 Å². The zero-order chi connectivity index (χ0) is 14.1. The average molecular weight is 291 g/mol. The second-order valence-electron chi connectivity index (χ2n) is 5.53. The van der Waals surface area contributed by atoms with E-state index >= 15 is 0 Å². The molecule has 1 saturated heterocycles. The van der Waals surface area contributed by atoms with E-state index in [0.29, 0.717) is 23.0 Å². The van der Waals surface area contributed by atoms with Crippen molar-refractivity contribution in [3.8, 4) is 0 Å². The van der Waals surface area contributed by atoms with E-state index in [2.05, 4.69) is 16.8 Å². The zero-order valence-electron chi connectivity index (χ0n) is 11.7. The minimum Gasteiger partial charge on any atom is -0.397 e. The van der Waals surface area contributed by atoms with Gasteiger partial charge in [0.15, 0.2) is 0 Å². The van der Waals surface area contributed by atoms with Gasteiger partial charge in [0.05, 0.1) is 10.7 Å². The van der Waals surface area contributed by atoms with Gasteiger partial charge in [-0.05, 0) is 31.6 Å². The minimum atomic E-state index is -0.0697. The maximum atomic E-state index is 12.2. The molecule has 0 atom stereocenters. The Bertz CT molecular complexity index is 527. The third-order valence-corrected chi connectivity index (χ3v) is 5.24. The predicted octanol–water partition coefficient (Wildman–Crippen LogP) is 2.72. The van der Waals surface area contributed by atoms with Gasteiger partial charge in [0.2, 0.25) is 0 Å². The number of nitrogens with two attached hydrogens (primary N) is 1. The Morgan fingerprint density at radius 3 is 2.75 bits per heavy atom. The predicted molar refractivity (Wildman–Crippen MR) is 84.7 cm³/mol. The molecular weight excluding hydrogens is 270 g/mol. The fourth-order valence-electron chi connectivity index (χ4n) is 2.78. The number of nitrogens with zero attached hydrogens (tertiary/aromatic N) is 1. The molecule has 1 aliphatic heterocycles. The molecule has 1 aromatic heterocycles. The van der Waals surface area contributed by atoms with Crippen LogP contribution in [0.4, 0.5) is 10.7 Å².